The Hall–Kier alpha value is -0.790. The Morgan fingerprint density at radius 3 is 2.40 bits per heavy atom. The number of allylic oxidation sites excluding steroid dienone is 1. The van der Waals surface area contributed by atoms with Crippen molar-refractivity contribution in [1.29, 1.82) is 0 Å². The molecule has 0 radical (unpaired) electrons. The van der Waals surface area contributed by atoms with Crippen LogP contribution < -0.4 is 0 Å². The van der Waals surface area contributed by atoms with Crippen LogP contribution in [0.15, 0.2) is 17.4 Å². The lowest BCUT2D eigenvalue weighted by Gasteiger charge is -2.10. The monoisotopic (exact) mass is 140 g/mol. The van der Waals surface area contributed by atoms with Crippen LogP contribution in [0.4, 0.5) is 0 Å². The normalized spacial score (nSPS) is 14.5. The summed E-state index contributed by atoms with van der Waals surface area (Å²) in [5.41, 5.74) is 1.03. The van der Waals surface area contributed by atoms with Crippen molar-refractivity contribution in [2.45, 2.75) is 27.2 Å². The lowest BCUT2D eigenvalue weighted by atomic mass is 10.4. The van der Waals surface area contributed by atoms with Crippen LogP contribution in [0.2, 0.25) is 0 Å². The third kappa shape index (κ3) is 2.67. The van der Waals surface area contributed by atoms with Gasteiger partial charge >= 0.3 is 0 Å². The van der Waals surface area contributed by atoms with Gasteiger partial charge < -0.3 is 0 Å². The average molecular weight is 140 g/mol. The van der Waals surface area contributed by atoms with Crippen LogP contribution in [-0.4, -0.2) is 17.8 Å². The maximum atomic E-state index is 4.04. The van der Waals surface area contributed by atoms with Crippen molar-refractivity contribution in [3.8, 4) is 0 Å². The van der Waals surface area contributed by atoms with Gasteiger partial charge in [0.15, 0.2) is 0 Å². The highest BCUT2D eigenvalue weighted by Gasteiger charge is 2.03. The van der Waals surface area contributed by atoms with E-state index in [9.17, 15) is 0 Å². The van der Waals surface area contributed by atoms with Gasteiger partial charge in [0.05, 0.1) is 0 Å². The molecule has 1 rings (SSSR count). The van der Waals surface area contributed by atoms with Crippen molar-refractivity contribution >= 4 is 6.21 Å². The molecule has 0 aliphatic carbocycles. The van der Waals surface area contributed by atoms with E-state index in [0.717, 1.165) is 18.7 Å². The van der Waals surface area contributed by atoms with E-state index < -0.39 is 0 Å². The molecule has 0 amide bonds. The van der Waals surface area contributed by atoms with Gasteiger partial charge in [0.25, 0.3) is 0 Å². The van der Waals surface area contributed by atoms with Crippen molar-refractivity contribution in [3.05, 3.63) is 12.3 Å². The Morgan fingerprint density at radius 2 is 2.20 bits per heavy atom. The highest BCUT2D eigenvalue weighted by molar-refractivity contribution is 5.59. The standard InChI is InChI=1S/C6H10N2.C2H6/c1-6(2)8-5-3-4-7-8;1-2/h4H,1,3,5H2,2H3;1-2H3. The number of hydrazone groups is 1. The lowest BCUT2D eigenvalue weighted by molar-refractivity contribution is 0.405. The van der Waals surface area contributed by atoms with Crippen LogP contribution in [0.25, 0.3) is 0 Å². The minimum Gasteiger partial charge on any atom is -0.270 e. The molecule has 1 aliphatic rings. The van der Waals surface area contributed by atoms with E-state index in [-0.39, 0.29) is 0 Å². The Morgan fingerprint density at radius 1 is 1.60 bits per heavy atom. The Bertz CT molecular complexity index is 127. The number of hydrogen-bond donors (Lipinski definition) is 0. The van der Waals surface area contributed by atoms with E-state index in [1.807, 2.05) is 32.0 Å². The summed E-state index contributed by atoms with van der Waals surface area (Å²) in [6.45, 7) is 10.7. The van der Waals surface area contributed by atoms with Gasteiger partial charge in [-0.05, 0) is 6.92 Å². The van der Waals surface area contributed by atoms with Crippen LogP contribution >= 0.6 is 0 Å². The number of nitrogens with zero attached hydrogens (tertiary/aromatic N) is 2. The quantitative estimate of drug-likeness (QED) is 0.545. The third-order valence-corrected chi connectivity index (χ3v) is 1.13. The minimum absolute atomic E-state index is 1.01. The van der Waals surface area contributed by atoms with Crippen LogP contribution in [0.3, 0.4) is 0 Å². The Labute approximate surface area is 63.2 Å². The molecule has 0 atom stereocenters. The predicted octanol–water partition coefficient (Wildman–Crippen LogP) is 2.24. The summed E-state index contributed by atoms with van der Waals surface area (Å²) in [5.74, 6) is 0. The summed E-state index contributed by atoms with van der Waals surface area (Å²) >= 11 is 0. The molecule has 0 bridgehead atoms. The molecule has 0 aromatic heterocycles. The fourth-order valence-electron chi connectivity index (χ4n) is 0.683. The van der Waals surface area contributed by atoms with E-state index in [1.54, 1.807) is 0 Å². The molecular formula is C8H16N2. The fourth-order valence-corrected chi connectivity index (χ4v) is 0.683. The summed E-state index contributed by atoms with van der Waals surface area (Å²) in [7, 11) is 0. The topological polar surface area (TPSA) is 15.6 Å². The first-order valence-corrected chi connectivity index (χ1v) is 3.76. The molecule has 0 unspecified atom stereocenters. The second-order valence-corrected chi connectivity index (χ2v) is 1.95. The van der Waals surface area contributed by atoms with Crippen LogP contribution in [0.5, 0.6) is 0 Å². The van der Waals surface area contributed by atoms with E-state index in [0.29, 0.717) is 0 Å². The molecule has 0 fully saturated rings. The highest BCUT2D eigenvalue weighted by atomic mass is 15.5. The molecule has 1 heterocycles. The molecule has 1 aliphatic heterocycles. The summed E-state index contributed by atoms with van der Waals surface area (Å²) in [6, 6.07) is 0. The van der Waals surface area contributed by atoms with Gasteiger partial charge in [-0.2, -0.15) is 5.10 Å². The molecule has 2 nitrogen and oxygen atoms in total. The molecular weight excluding hydrogens is 124 g/mol. The second kappa shape index (κ2) is 5.03. The molecule has 0 spiro atoms. The summed E-state index contributed by atoms with van der Waals surface area (Å²) in [4.78, 5) is 0. The first-order valence-electron chi connectivity index (χ1n) is 3.76. The van der Waals surface area contributed by atoms with Gasteiger partial charge in [-0.25, -0.2) is 0 Å². The van der Waals surface area contributed by atoms with Crippen molar-refractivity contribution in [2.24, 2.45) is 5.10 Å². The van der Waals surface area contributed by atoms with Crippen molar-refractivity contribution in [3.63, 3.8) is 0 Å². The summed E-state index contributed by atoms with van der Waals surface area (Å²) < 4.78 is 0. The zero-order valence-electron chi connectivity index (χ0n) is 7.09. The molecule has 0 aromatic rings. The highest BCUT2D eigenvalue weighted by Crippen LogP contribution is 2.05. The van der Waals surface area contributed by atoms with Crippen molar-refractivity contribution < 1.29 is 0 Å². The third-order valence-electron chi connectivity index (χ3n) is 1.13. The molecule has 0 saturated carbocycles. The van der Waals surface area contributed by atoms with Crippen molar-refractivity contribution in [1.82, 2.24) is 5.01 Å². The van der Waals surface area contributed by atoms with Crippen LogP contribution in [0.1, 0.15) is 27.2 Å². The number of hydrogen-bond acceptors (Lipinski definition) is 2. The molecule has 0 saturated heterocycles. The summed E-state index contributed by atoms with van der Waals surface area (Å²) in [6.07, 6.45) is 2.97. The molecule has 0 N–H and O–H groups in total. The van der Waals surface area contributed by atoms with Gasteiger partial charge in [-0.1, -0.05) is 20.4 Å². The minimum atomic E-state index is 1.01. The lowest BCUT2D eigenvalue weighted by Crippen LogP contribution is -2.09. The van der Waals surface area contributed by atoms with Gasteiger partial charge in [-0.3, -0.25) is 5.01 Å². The van der Waals surface area contributed by atoms with Gasteiger partial charge in [0.2, 0.25) is 0 Å². The maximum absolute atomic E-state index is 4.04. The SMILES string of the molecule is C=C(C)N1CCC=N1.CC. The van der Waals surface area contributed by atoms with E-state index in [4.69, 9.17) is 0 Å². The molecule has 0 aromatic carbocycles. The van der Waals surface area contributed by atoms with E-state index in [2.05, 4.69) is 11.7 Å². The zero-order chi connectivity index (χ0) is 7.98. The maximum Gasteiger partial charge on any atom is 0.0461 e. The van der Waals surface area contributed by atoms with E-state index >= 15 is 0 Å². The molecule has 10 heavy (non-hydrogen) atoms. The predicted molar refractivity (Wildman–Crippen MR) is 46.0 cm³/mol. The van der Waals surface area contributed by atoms with Gasteiger partial charge in [-0.15, -0.1) is 0 Å². The molecule has 2 heteroatoms. The Balaban J connectivity index is 0.000000371. The average Bonchev–Trinajstić information content (AvgIpc) is 2.42. The number of rotatable bonds is 1. The van der Waals surface area contributed by atoms with Crippen LogP contribution in [-0.2, 0) is 0 Å². The largest absolute Gasteiger partial charge is 0.270 e. The summed E-state index contributed by atoms with van der Waals surface area (Å²) in [5, 5.41) is 5.95. The second-order valence-electron chi connectivity index (χ2n) is 1.95. The fraction of sp³-hybridized carbons (Fsp3) is 0.625. The van der Waals surface area contributed by atoms with E-state index in [1.165, 1.54) is 0 Å². The van der Waals surface area contributed by atoms with Gasteiger partial charge in [0, 0.05) is 24.9 Å². The van der Waals surface area contributed by atoms with Crippen LogP contribution in [0, 0.1) is 0 Å². The van der Waals surface area contributed by atoms with Crippen molar-refractivity contribution in [2.75, 3.05) is 6.54 Å². The Kier molecular flexibility index (Phi) is 4.63. The first-order chi connectivity index (χ1) is 4.80. The van der Waals surface area contributed by atoms with Gasteiger partial charge in [0.1, 0.15) is 0 Å². The smallest absolute Gasteiger partial charge is 0.0461 e. The molecule has 58 valence electrons. The zero-order valence-corrected chi connectivity index (χ0v) is 7.09. The first kappa shape index (κ1) is 9.21.